The van der Waals surface area contributed by atoms with E-state index in [4.69, 9.17) is 28.4 Å². The van der Waals surface area contributed by atoms with Crippen molar-refractivity contribution < 1.29 is 89.4 Å². The van der Waals surface area contributed by atoms with Gasteiger partial charge in [0.15, 0.2) is 18.9 Å². The molecule has 0 aromatic rings. The van der Waals surface area contributed by atoms with Crippen LogP contribution in [0.15, 0.2) is 146 Å². The Morgan fingerprint density at radius 3 is 0.939 bits per heavy atom. The van der Waals surface area contributed by atoms with E-state index in [1.54, 1.807) is 6.08 Å². The van der Waals surface area contributed by atoms with Gasteiger partial charge in [0.1, 0.15) is 73.2 Å². The molecule has 0 aromatic carbocycles. The van der Waals surface area contributed by atoms with Crippen LogP contribution in [0.1, 0.15) is 322 Å². The zero-order valence-electron chi connectivity index (χ0n) is 71.2. The second-order valence-electron chi connectivity index (χ2n) is 31.7. The van der Waals surface area contributed by atoms with Crippen LogP contribution in [0.25, 0.3) is 0 Å². The Kier molecular flexibility index (Phi) is 67.1. The quantitative estimate of drug-likeness (QED) is 0.0199. The van der Waals surface area contributed by atoms with Gasteiger partial charge in [-0.25, -0.2) is 0 Å². The van der Waals surface area contributed by atoms with Crippen LogP contribution in [0.2, 0.25) is 0 Å². The van der Waals surface area contributed by atoms with Gasteiger partial charge >= 0.3 is 0 Å². The summed E-state index contributed by atoms with van der Waals surface area (Å²) in [6, 6.07) is -0.992. The van der Waals surface area contributed by atoms with E-state index in [1.807, 2.05) is 6.08 Å². The molecule has 0 bridgehead atoms. The van der Waals surface area contributed by atoms with Crippen molar-refractivity contribution in [3.8, 4) is 0 Å². The topological polar surface area (TPSA) is 307 Å². The van der Waals surface area contributed by atoms with Gasteiger partial charge in [0.25, 0.3) is 0 Å². The number of ether oxygens (including phenoxy) is 6. The molecule has 3 rings (SSSR count). The van der Waals surface area contributed by atoms with Crippen LogP contribution in [0.4, 0.5) is 0 Å². The standard InChI is InChI=1S/C96H163NO18/c1-3-5-7-9-11-13-15-17-19-21-23-25-27-29-31-33-34-35-36-37-38-39-40-41-42-43-44-46-48-50-52-54-56-58-60-62-64-66-68-70-72-74-84(102)97-79(80(101)73-71-69-67-65-63-61-59-57-55-53-51-49-47-45-32-30-28-26-24-22-20-18-16-14-12-10-8-6-4-2)78-110-94-90(108)87(105)92(82(76-99)112-94)115-96-91(109)88(106)93(83(77-100)113-96)114-95-89(107)86(104)85(103)81(75-98)111-95/h5,7,11,13,17,19,23,25,29,31,34-35,37-38,40-41,43-44,48,50,54,56,71,73,79-83,85-96,98-101,103-109H,3-4,6,8-10,12,14-16,18,20-22,24,26-28,30,32-33,36,39,42,45-47,49,51-53,55,57-70,72,74-78H2,1-2H3,(H,97,102)/b7-5-,13-11-,19-17-,25-23-,31-29-,35-34-,38-37-,41-40-,44-43-,50-48-,56-54-,73-71+. The van der Waals surface area contributed by atoms with Crippen LogP contribution in [-0.2, 0) is 33.2 Å². The fraction of sp³-hybridized carbons (Fsp3) is 0.740. The third kappa shape index (κ3) is 51.8. The van der Waals surface area contributed by atoms with Crippen molar-refractivity contribution in [2.75, 3.05) is 26.4 Å². The van der Waals surface area contributed by atoms with Crippen LogP contribution < -0.4 is 5.32 Å². The average molecular weight is 1620 g/mol. The Morgan fingerprint density at radius 2 is 0.600 bits per heavy atom. The largest absolute Gasteiger partial charge is 0.394 e. The molecule has 3 fully saturated rings. The number of allylic oxidation sites excluding steroid dienone is 23. The number of aliphatic hydroxyl groups excluding tert-OH is 11. The number of carbonyl (C=O) groups is 1. The summed E-state index contributed by atoms with van der Waals surface area (Å²) in [5, 5.41) is 121. The molecule has 3 aliphatic heterocycles. The van der Waals surface area contributed by atoms with Crippen molar-refractivity contribution in [2.45, 2.75) is 426 Å². The fourth-order valence-electron chi connectivity index (χ4n) is 14.4. The molecule has 3 heterocycles. The molecule has 0 aliphatic carbocycles. The van der Waals surface area contributed by atoms with Gasteiger partial charge in [-0.15, -0.1) is 0 Å². The first-order valence-corrected chi connectivity index (χ1v) is 45.6. The number of hydrogen-bond donors (Lipinski definition) is 12. The van der Waals surface area contributed by atoms with E-state index < -0.39 is 124 Å². The minimum absolute atomic E-state index is 0.222. The monoisotopic (exact) mass is 1620 g/mol. The molecule has 0 saturated carbocycles. The Bertz CT molecular complexity index is 2650. The second kappa shape index (κ2) is 73.6. The van der Waals surface area contributed by atoms with Gasteiger partial charge in [-0.1, -0.05) is 359 Å². The summed E-state index contributed by atoms with van der Waals surface area (Å²) >= 11 is 0. The third-order valence-corrected chi connectivity index (χ3v) is 21.6. The lowest BCUT2D eigenvalue weighted by Crippen LogP contribution is -2.66. The highest BCUT2D eigenvalue weighted by Crippen LogP contribution is 2.33. The Labute approximate surface area is 695 Å². The van der Waals surface area contributed by atoms with Crippen LogP contribution in [0.3, 0.4) is 0 Å². The molecule has 115 heavy (non-hydrogen) atoms. The molecule has 19 heteroatoms. The summed E-state index contributed by atoms with van der Waals surface area (Å²) in [6.07, 6.45) is 81.2. The van der Waals surface area contributed by atoms with Crippen molar-refractivity contribution in [1.29, 1.82) is 0 Å². The summed E-state index contributed by atoms with van der Waals surface area (Å²) in [7, 11) is 0. The maximum absolute atomic E-state index is 13.5. The van der Waals surface area contributed by atoms with E-state index >= 15 is 0 Å². The van der Waals surface area contributed by atoms with E-state index in [2.05, 4.69) is 153 Å². The van der Waals surface area contributed by atoms with Crippen molar-refractivity contribution in [3.63, 3.8) is 0 Å². The predicted molar refractivity (Wildman–Crippen MR) is 466 cm³/mol. The van der Waals surface area contributed by atoms with Gasteiger partial charge in [0, 0.05) is 6.42 Å². The lowest BCUT2D eigenvalue weighted by Gasteiger charge is -2.48. The van der Waals surface area contributed by atoms with E-state index in [1.165, 1.54) is 154 Å². The summed E-state index contributed by atoms with van der Waals surface area (Å²) in [5.41, 5.74) is 0. The number of rotatable bonds is 72. The summed E-state index contributed by atoms with van der Waals surface area (Å²) < 4.78 is 34.5. The normalized spacial score (nSPS) is 25.3. The molecular formula is C96H163NO18. The van der Waals surface area contributed by atoms with Crippen LogP contribution in [0.5, 0.6) is 0 Å². The van der Waals surface area contributed by atoms with Gasteiger partial charge in [0.05, 0.1) is 38.6 Å². The van der Waals surface area contributed by atoms with Gasteiger partial charge in [0.2, 0.25) is 5.91 Å². The summed E-state index contributed by atoms with van der Waals surface area (Å²) in [6.45, 7) is 1.64. The highest BCUT2D eigenvalue weighted by Gasteiger charge is 2.54. The molecule has 3 saturated heterocycles. The summed E-state index contributed by atoms with van der Waals surface area (Å²) in [4.78, 5) is 13.5. The van der Waals surface area contributed by atoms with E-state index in [-0.39, 0.29) is 18.9 Å². The molecule has 17 unspecified atom stereocenters. The highest BCUT2D eigenvalue weighted by molar-refractivity contribution is 5.76. The molecular weight excluding hydrogens is 1460 g/mol. The van der Waals surface area contributed by atoms with Crippen molar-refractivity contribution in [3.05, 3.63) is 146 Å². The van der Waals surface area contributed by atoms with Crippen LogP contribution >= 0.6 is 0 Å². The van der Waals surface area contributed by atoms with Crippen LogP contribution in [0, 0.1) is 0 Å². The number of amides is 1. The summed E-state index contributed by atoms with van der Waals surface area (Å²) in [5.74, 6) is -0.289. The maximum Gasteiger partial charge on any atom is 0.220 e. The minimum Gasteiger partial charge on any atom is -0.394 e. The van der Waals surface area contributed by atoms with Crippen molar-refractivity contribution >= 4 is 5.91 Å². The first kappa shape index (κ1) is 105. The molecule has 660 valence electrons. The molecule has 12 N–H and O–H groups in total. The van der Waals surface area contributed by atoms with Crippen molar-refractivity contribution in [1.82, 2.24) is 5.32 Å². The lowest BCUT2D eigenvalue weighted by atomic mass is 9.96. The van der Waals surface area contributed by atoms with E-state index in [9.17, 15) is 61.0 Å². The molecule has 3 aliphatic rings. The zero-order chi connectivity index (χ0) is 83.1. The van der Waals surface area contributed by atoms with Crippen molar-refractivity contribution in [2.24, 2.45) is 0 Å². The Morgan fingerprint density at radius 1 is 0.322 bits per heavy atom. The predicted octanol–water partition coefficient (Wildman–Crippen LogP) is 17.7. The maximum atomic E-state index is 13.5. The van der Waals surface area contributed by atoms with Gasteiger partial charge < -0.3 is 89.9 Å². The first-order valence-electron chi connectivity index (χ1n) is 45.6. The molecule has 17 atom stereocenters. The van der Waals surface area contributed by atoms with E-state index in [0.29, 0.717) is 6.42 Å². The molecule has 0 aromatic heterocycles. The number of nitrogens with one attached hydrogen (secondary N) is 1. The number of carbonyl (C=O) groups excluding carboxylic acids is 1. The lowest BCUT2D eigenvalue weighted by molar-refractivity contribution is -0.379. The van der Waals surface area contributed by atoms with Crippen LogP contribution in [-0.4, -0.2) is 193 Å². The zero-order valence-corrected chi connectivity index (χ0v) is 71.2. The van der Waals surface area contributed by atoms with Gasteiger partial charge in [-0.2, -0.15) is 0 Å². The number of aliphatic hydroxyl groups is 11. The van der Waals surface area contributed by atoms with Gasteiger partial charge in [-0.05, 0) is 103 Å². The van der Waals surface area contributed by atoms with E-state index in [0.717, 1.165) is 141 Å². The molecule has 0 spiro atoms. The molecule has 0 radical (unpaired) electrons. The average Bonchev–Trinajstić information content (AvgIpc) is 0.778. The number of unbranched alkanes of at least 4 members (excludes halogenated alkanes) is 34. The smallest absolute Gasteiger partial charge is 0.220 e. The SMILES string of the molecule is CC/C=C\C/C=C\C/C=C\C/C=C\C/C=C\C/C=C\C/C=C\C/C=C\C/C=C\C/C=C\C/C=C\CCCCCCCCCC(=O)NC(COC1OC(CO)C(OC2OC(CO)C(OC3OC(CO)C(O)C(O)C3O)C(O)C2O)C(O)C1O)C(O)/C=C/CCCCCCCCCCCCCCCCCCCCCCCCCCCCC. The minimum atomic E-state index is -1.99. The molecule has 19 nitrogen and oxygen atoms in total. The Balaban J connectivity index is 1.34. The van der Waals surface area contributed by atoms with Gasteiger partial charge in [-0.3, -0.25) is 4.79 Å². The fourth-order valence-corrected chi connectivity index (χ4v) is 14.4. The third-order valence-electron chi connectivity index (χ3n) is 21.6. The first-order chi connectivity index (χ1) is 56.3. The second-order valence-corrected chi connectivity index (χ2v) is 31.7. The molecule has 1 amide bonds. The Hall–Kier alpha value is -4.33. The highest BCUT2D eigenvalue weighted by atomic mass is 16.8. The number of hydrogen-bond acceptors (Lipinski definition) is 18.